The minimum absolute atomic E-state index is 0.147. The lowest BCUT2D eigenvalue weighted by molar-refractivity contribution is 0.0829. The Bertz CT molecular complexity index is 98.4. The largest absolute Gasteiger partial charge is 0.330 e. The van der Waals surface area contributed by atoms with Crippen molar-refractivity contribution in [2.75, 3.05) is 20.1 Å². The lowest BCUT2D eigenvalue weighted by Crippen LogP contribution is -2.34. The maximum atomic E-state index is 11.8. The molecule has 0 radical (unpaired) electrons. The van der Waals surface area contributed by atoms with Crippen molar-refractivity contribution in [2.24, 2.45) is 5.73 Å². The molecule has 0 spiro atoms. The Hall–Kier alpha value is -0.220. The van der Waals surface area contributed by atoms with Crippen molar-refractivity contribution in [3.8, 4) is 0 Å². The molecule has 11 heavy (non-hydrogen) atoms. The van der Waals surface area contributed by atoms with E-state index in [0.29, 0.717) is 6.54 Å². The molecular formula is C7H16F2N2. The summed E-state index contributed by atoms with van der Waals surface area (Å²) in [6.45, 7) is 2.28. The summed E-state index contributed by atoms with van der Waals surface area (Å²) in [7, 11) is 1.69. The van der Waals surface area contributed by atoms with Crippen LogP contribution in [0.3, 0.4) is 0 Å². The second-order valence-electron chi connectivity index (χ2n) is 2.76. The van der Waals surface area contributed by atoms with Gasteiger partial charge in [0.2, 0.25) is 0 Å². The number of hydrogen-bond donors (Lipinski definition) is 1. The summed E-state index contributed by atoms with van der Waals surface area (Å²) in [6.07, 6.45) is -1.48. The van der Waals surface area contributed by atoms with Crippen LogP contribution in [0.1, 0.15) is 13.3 Å². The average Bonchev–Trinajstić information content (AvgIpc) is 1.86. The second-order valence-corrected chi connectivity index (χ2v) is 2.76. The molecule has 0 aromatic heterocycles. The fraction of sp³-hybridized carbons (Fsp3) is 1.00. The molecule has 2 N–H and O–H groups in total. The summed E-state index contributed by atoms with van der Waals surface area (Å²) >= 11 is 0. The van der Waals surface area contributed by atoms with Gasteiger partial charge in [0.15, 0.2) is 0 Å². The van der Waals surface area contributed by atoms with E-state index in [0.717, 1.165) is 6.42 Å². The van der Waals surface area contributed by atoms with Gasteiger partial charge in [-0.05, 0) is 26.9 Å². The monoisotopic (exact) mass is 166 g/mol. The van der Waals surface area contributed by atoms with Crippen LogP contribution in [-0.4, -0.2) is 37.5 Å². The van der Waals surface area contributed by atoms with Gasteiger partial charge < -0.3 is 5.73 Å². The third-order valence-electron chi connectivity index (χ3n) is 1.76. The van der Waals surface area contributed by atoms with Gasteiger partial charge in [0.1, 0.15) is 0 Å². The minimum atomic E-state index is -2.25. The maximum Gasteiger partial charge on any atom is 0.251 e. The predicted octanol–water partition coefficient (Wildman–Crippen LogP) is 0.921. The first-order chi connectivity index (χ1) is 5.07. The van der Waals surface area contributed by atoms with Crippen LogP contribution in [0, 0.1) is 0 Å². The van der Waals surface area contributed by atoms with Crippen molar-refractivity contribution in [1.82, 2.24) is 4.90 Å². The third-order valence-corrected chi connectivity index (χ3v) is 1.76. The molecule has 4 heteroatoms. The van der Waals surface area contributed by atoms with Gasteiger partial charge in [0.05, 0.1) is 6.54 Å². The first-order valence-electron chi connectivity index (χ1n) is 3.76. The fourth-order valence-electron chi connectivity index (χ4n) is 0.859. The molecule has 68 valence electrons. The summed E-state index contributed by atoms with van der Waals surface area (Å²) in [5.74, 6) is 0. The Morgan fingerprint density at radius 2 is 2.00 bits per heavy atom. The maximum absolute atomic E-state index is 11.8. The Morgan fingerprint density at radius 3 is 2.36 bits per heavy atom. The Labute approximate surface area is 66.4 Å². The Balaban J connectivity index is 3.54. The second kappa shape index (κ2) is 5.43. The normalized spacial score (nSPS) is 14.5. The third kappa shape index (κ3) is 5.09. The van der Waals surface area contributed by atoms with Crippen LogP contribution in [0.15, 0.2) is 0 Å². The number of halogens is 2. The van der Waals surface area contributed by atoms with Gasteiger partial charge in [-0.2, -0.15) is 0 Å². The van der Waals surface area contributed by atoms with Crippen LogP contribution in [-0.2, 0) is 0 Å². The highest BCUT2D eigenvalue weighted by molar-refractivity contribution is 4.63. The molecule has 1 atom stereocenters. The molecule has 0 aromatic rings. The standard InChI is InChI=1S/C7H16F2N2/c1-6(3-4-10)11(2)5-7(8)9/h6-7H,3-5,10H2,1-2H3. The van der Waals surface area contributed by atoms with Gasteiger partial charge in [-0.3, -0.25) is 4.90 Å². The summed E-state index contributed by atoms with van der Waals surface area (Å²) in [6, 6.07) is 0.147. The van der Waals surface area contributed by atoms with Crippen LogP contribution in [0.4, 0.5) is 8.78 Å². The van der Waals surface area contributed by atoms with Crippen molar-refractivity contribution in [3.05, 3.63) is 0 Å². The van der Waals surface area contributed by atoms with Crippen molar-refractivity contribution in [3.63, 3.8) is 0 Å². The van der Waals surface area contributed by atoms with E-state index in [2.05, 4.69) is 0 Å². The van der Waals surface area contributed by atoms with Gasteiger partial charge in [0.25, 0.3) is 6.43 Å². The zero-order valence-electron chi connectivity index (χ0n) is 7.06. The molecule has 0 aliphatic rings. The van der Waals surface area contributed by atoms with Crippen molar-refractivity contribution in [1.29, 1.82) is 0 Å². The van der Waals surface area contributed by atoms with Crippen molar-refractivity contribution >= 4 is 0 Å². The highest BCUT2D eigenvalue weighted by Gasteiger charge is 2.12. The molecule has 2 nitrogen and oxygen atoms in total. The lowest BCUT2D eigenvalue weighted by Gasteiger charge is -2.23. The number of hydrogen-bond acceptors (Lipinski definition) is 2. The molecule has 0 saturated heterocycles. The van der Waals surface area contributed by atoms with E-state index in [1.54, 1.807) is 11.9 Å². The number of rotatable bonds is 5. The minimum Gasteiger partial charge on any atom is -0.330 e. The van der Waals surface area contributed by atoms with Gasteiger partial charge in [-0.1, -0.05) is 0 Å². The molecule has 0 rings (SSSR count). The number of nitrogens with zero attached hydrogens (tertiary/aromatic N) is 1. The fourth-order valence-corrected chi connectivity index (χ4v) is 0.859. The molecule has 0 heterocycles. The predicted molar refractivity (Wildman–Crippen MR) is 41.8 cm³/mol. The van der Waals surface area contributed by atoms with Gasteiger partial charge in [-0.15, -0.1) is 0 Å². The first kappa shape index (κ1) is 10.8. The summed E-state index contributed by atoms with van der Waals surface area (Å²) in [5, 5.41) is 0. The SMILES string of the molecule is CC(CCN)N(C)CC(F)F. The summed E-state index contributed by atoms with van der Waals surface area (Å²) in [5.41, 5.74) is 5.28. The van der Waals surface area contributed by atoms with Crippen molar-refractivity contribution < 1.29 is 8.78 Å². The van der Waals surface area contributed by atoms with Crippen LogP contribution < -0.4 is 5.73 Å². The molecule has 0 saturated carbocycles. The molecule has 0 aromatic carbocycles. The van der Waals surface area contributed by atoms with Gasteiger partial charge >= 0.3 is 0 Å². The van der Waals surface area contributed by atoms with E-state index in [9.17, 15) is 8.78 Å². The topological polar surface area (TPSA) is 29.3 Å². The van der Waals surface area contributed by atoms with Crippen LogP contribution in [0.5, 0.6) is 0 Å². The number of nitrogens with two attached hydrogens (primary N) is 1. The molecule has 0 bridgehead atoms. The molecule has 0 aliphatic heterocycles. The highest BCUT2D eigenvalue weighted by atomic mass is 19.3. The summed E-state index contributed by atoms with van der Waals surface area (Å²) in [4.78, 5) is 1.62. The quantitative estimate of drug-likeness (QED) is 0.658. The zero-order chi connectivity index (χ0) is 8.85. The van der Waals surface area contributed by atoms with E-state index in [1.807, 2.05) is 6.92 Å². The van der Waals surface area contributed by atoms with Crippen LogP contribution in [0.25, 0.3) is 0 Å². The number of alkyl halides is 2. The first-order valence-corrected chi connectivity index (χ1v) is 3.76. The summed E-state index contributed by atoms with van der Waals surface area (Å²) < 4.78 is 23.6. The highest BCUT2D eigenvalue weighted by Crippen LogP contribution is 2.03. The van der Waals surface area contributed by atoms with Crippen LogP contribution in [0.2, 0.25) is 0 Å². The molecule has 1 unspecified atom stereocenters. The van der Waals surface area contributed by atoms with E-state index in [-0.39, 0.29) is 12.6 Å². The zero-order valence-corrected chi connectivity index (χ0v) is 7.06. The Morgan fingerprint density at radius 1 is 1.45 bits per heavy atom. The smallest absolute Gasteiger partial charge is 0.251 e. The van der Waals surface area contributed by atoms with E-state index < -0.39 is 6.43 Å². The lowest BCUT2D eigenvalue weighted by atomic mass is 10.2. The Kier molecular flexibility index (Phi) is 5.32. The van der Waals surface area contributed by atoms with Gasteiger partial charge in [0, 0.05) is 6.04 Å². The van der Waals surface area contributed by atoms with E-state index in [4.69, 9.17) is 5.73 Å². The van der Waals surface area contributed by atoms with Crippen LogP contribution >= 0.6 is 0 Å². The molecule has 0 fully saturated rings. The molecule has 0 amide bonds. The average molecular weight is 166 g/mol. The van der Waals surface area contributed by atoms with E-state index >= 15 is 0 Å². The molecular weight excluding hydrogens is 150 g/mol. The van der Waals surface area contributed by atoms with E-state index in [1.165, 1.54) is 0 Å². The van der Waals surface area contributed by atoms with Gasteiger partial charge in [-0.25, -0.2) is 8.78 Å². The van der Waals surface area contributed by atoms with Crippen molar-refractivity contribution in [2.45, 2.75) is 25.8 Å². The molecule has 0 aliphatic carbocycles.